The van der Waals surface area contributed by atoms with Gasteiger partial charge in [-0.15, -0.1) is 0 Å². The van der Waals surface area contributed by atoms with Crippen LogP contribution in [0.4, 0.5) is 10.2 Å². The maximum absolute atomic E-state index is 14.4. The quantitative estimate of drug-likeness (QED) is 0.401. The Bertz CT molecular complexity index is 1390. The van der Waals surface area contributed by atoms with Crippen molar-refractivity contribution in [3.8, 4) is 28.1 Å². The second kappa shape index (κ2) is 7.44. The Morgan fingerprint density at radius 1 is 1.12 bits per heavy atom. The highest BCUT2D eigenvalue weighted by Gasteiger charge is 2.34. The van der Waals surface area contributed by atoms with Gasteiger partial charge in [0.05, 0.1) is 11.4 Å². The number of hydrogen-bond donors (Lipinski definition) is 1. The Morgan fingerprint density at radius 3 is 2.79 bits per heavy atom. The van der Waals surface area contributed by atoms with Crippen LogP contribution in [0, 0.1) is 5.82 Å². The summed E-state index contributed by atoms with van der Waals surface area (Å²) < 4.78 is 22.8. The van der Waals surface area contributed by atoms with Crippen LogP contribution >= 0.6 is 0 Å². The summed E-state index contributed by atoms with van der Waals surface area (Å²) in [5.41, 5.74) is 14.7. The van der Waals surface area contributed by atoms with Gasteiger partial charge in [-0.05, 0) is 61.6 Å². The predicted molar refractivity (Wildman–Crippen MR) is 127 cm³/mol. The molecule has 0 saturated carbocycles. The van der Waals surface area contributed by atoms with Gasteiger partial charge in [0.2, 0.25) is 0 Å². The normalized spacial score (nSPS) is 18.4. The fourth-order valence-corrected chi connectivity index (χ4v) is 5.44. The van der Waals surface area contributed by atoms with Gasteiger partial charge < -0.3 is 10.5 Å². The molecule has 6 rings (SSSR count). The van der Waals surface area contributed by atoms with Gasteiger partial charge in [0, 0.05) is 35.3 Å². The van der Waals surface area contributed by atoms with E-state index in [2.05, 4.69) is 34.8 Å². The predicted octanol–water partition coefficient (Wildman–Crippen LogP) is 5.88. The van der Waals surface area contributed by atoms with E-state index >= 15 is 0 Å². The number of nitrogens with zero attached hydrogens (tertiary/aromatic N) is 3. The van der Waals surface area contributed by atoms with Crippen LogP contribution in [0.25, 0.3) is 22.4 Å². The molecule has 0 spiro atoms. The van der Waals surface area contributed by atoms with Crippen LogP contribution in [0.3, 0.4) is 0 Å². The van der Waals surface area contributed by atoms with Gasteiger partial charge in [0.25, 0.3) is 0 Å². The van der Waals surface area contributed by atoms with Crippen LogP contribution in [-0.4, -0.2) is 14.8 Å². The van der Waals surface area contributed by atoms with Crippen LogP contribution in [-0.2, 0) is 13.0 Å². The molecule has 1 aliphatic carbocycles. The molecule has 33 heavy (non-hydrogen) atoms. The fraction of sp³-hybridized carbons (Fsp3) is 0.259. The molecular formula is C27H25FN4O. The number of nitrogen functional groups attached to an aromatic ring is 1. The number of pyridine rings is 1. The SMILES string of the molecule is CCn1nc2c3c1-c1cnc(N)c(c1)O[C@H](C)c1cc(F)ccc1-c1ccccc1C3CC2. The number of halogens is 1. The molecule has 0 saturated heterocycles. The average molecular weight is 441 g/mol. The minimum atomic E-state index is -0.419. The van der Waals surface area contributed by atoms with Crippen molar-refractivity contribution in [2.24, 2.45) is 0 Å². The van der Waals surface area contributed by atoms with Crippen molar-refractivity contribution >= 4 is 5.82 Å². The third kappa shape index (κ3) is 3.04. The van der Waals surface area contributed by atoms with E-state index in [0.717, 1.165) is 53.0 Å². The Balaban J connectivity index is 1.71. The van der Waals surface area contributed by atoms with Crippen LogP contribution in [0.2, 0.25) is 0 Å². The van der Waals surface area contributed by atoms with Crippen LogP contribution in [0.1, 0.15) is 54.7 Å². The molecule has 3 heterocycles. The van der Waals surface area contributed by atoms with E-state index in [0.29, 0.717) is 11.6 Å². The lowest BCUT2D eigenvalue weighted by atomic mass is 9.84. The second-order valence-corrected chi connectivity index (χ2v) is 8.80. The highest BCUT2D eigenvalue weighted by atomic mass is 19.1. The highest BCUT2D eigenvalue weighted by Crippen LogP contribution is 2.48. The van der Waals surface area contributed by atoms with Gasteiger partial charge in [-0.25, -0.2) is 9.37 Å². The van der Waals surface area contributed by atoms with Crippen molar-refractivity contribution in [1.82, 2.24) is 14.8 Å². The second-order valence-electron chi connectivity index (χ2n) is 8.80. The average Bonchev–Trinajstić information content (AvgIpc) is 3.39. The summed E-state index contributed by atoms with van der Waals surface area (Å²) in [6.07, 6.45) is 3.30. The van der Waals surface area contributed by atoms with Crippen molar-refractivity contribution in [3.63, 3.8) is 0 Å². The minimum Gasteiger partial charge on any atom is -0.482 e. The summed E-state index contributed by atoms with van der Waals surface area (Å²) in [5, 5.41) is 4.95. The lowest BCUT2D eigenvalue weighted by molar-refractivity contribution is 0.228. The number of anilines is 1. The molecular weight excluding hydrogens is 415 g/mol. The summed E-state index contributed by atoms with van der Waals surface area (Å²) in [6, 6.07) is 15.3. The van der Waals surface area contributed by atoms with Gasteiger partial charge in [-0.2, -0.15) is 5.10 Å². The largest absolute Gasteiger partial charge is 0.482 e. The molecule has 2 aromatic heterocycles. The molecule has 1 unspecified atom stereocenters. The first-order valence-electron chi connectivity index (χ1n) is 11.5. The number of hydrogen-bond acceptors (Lipinski definition) is 4. The Hall–Kier alpha value is -3.67. The maximum Gasteiger partial charge on any atom is 0.166 e. The van der Waals surface area contributed by atoms with E-state index in [1.807, 2.05) is 25.1 Å². The van der Waals surface area contributed by atoms with Crippen molar-refractivity contribution in [2.75, 3.05) is 5.73 Å². The van der Waals surface area contributed by atoms with E-state index in [4.69, 9.17) is 15.6 Å². The molecule has 0 radical (unpaired) electrons. The van der Waals surface area contributed by atoms with E-state index in [9.17, 15) is 4.39 Å². The summed E-state index contributed by atoms with van der Waals surface area (Å²) in [5.74, 6) is 0.720. The molecule has 6 heteroatoms. The van der Waals surface area contributed by atoms with E-state index in [-0.39, 0.29) is 11.7 Å². The van der Waals surface area contributed by atoms with Gasteiger partial charge >= 0.3 is 0 Å². The van der Waals surface area contributed by atoms with Crippen molar-refractivity contribution in [2.45, 2.75) is 45.3 Å². The van der Waals surface area contributed by atoms with Crippen molar-refractivity contribution in [1.29, 1.82) is 0 Å². The molecule has 2 N–H and O–H groups in total. The molecule has 2 aliphatic rings. The topological polar surface area (TPSA) is 66.0 Å². The summed E-state index contributed by atoms with van der Waals surface area (Å²) >= 11 is 0. The van der Waals surface area contributed by atoms with Crippen LogP contribution in [0.15, 0.2) is 54.7 Å². The Morgan fingerprint density at radius 2 is 1.94 bits per heavy atom. The van der Waals surface area contributed by atoms with E-state index < -0.39 is 6.10 Å². The molecule has 5 nitrogen and oxygen atoms in total. The van der Waals surface area contributed by atoms with Gasteiger partial charge in [-0.3, -0.25) is 4.68 Å². The third-order valence-corrected chi connectivity index (χ3v) is 6.92. The lowest BCUT2D eigenvalue weighted by Gasteiger charge is -2.24. The van der Waals surface area contributed by atoms with E-state index in [1.54, 1.807) is 12.3 Å². The zero-order valence-electron chi connectivity index (χ0n) is 18.7. The van der Waals surface area contributed by atoms with Crippen molar-refractivity contribution < 1.29 is 9.13 Å². The first kappa shape index (κ1) is 20.0. The van der Waals surface area contributed by atoms with Crippen LogP contribution in [0.5, 0.6) is 5.75 Å². The minimum absolute atomic E-state index is 0.195. The standard InChI is InChI=1S/C27H25FN4O/c1-3-32-26-16-12-24(27(29)30-14-16)33-15(2)22-13-17(28)8-9-20(22)18-6-4-5-7-19(18)21-10-11-23(31-32)25(21)26/h4-9,12-15,21H,3,10-11H2,1-2H3,(H2,29,30)/t15-,21?/m1/s1. The molecule has 166 valence electrons. The lowest BCUT2D eigenvalue weighted by Crippen LogP contribution is -2.11. The Labute approximate surface area is 192 Å². The number of fused-ring (bicyclic) bond motifs is 7. The first-order valence-corrected chi connectivity index (χ1v) is 11.5. The number of aryl methyl sites for hydroxylation is 2. The molecule has 0 amide bonds. The van der Waals surface area contributed by atoms with Crippen LogP contribution < -0.4 is 10.5 Å². The van der Waals surface area contributed by atoms with Gasteiger partial charge in [-0.1, -0.05) is 30.3 Å². The third-order valence-electron chi connectivity index (χ3n) is 6.92. The molecule has 1 aliphatic heterocycles. The maximum atomic E-state index is 14.4. The number of rotatable bonds is 1. The fourth-order valence-electron chi connectivity index (χ4n) is 5.44. The zero-order chi connectivity index (χ0) is 22.7. The van der Waals surface area contributed by atoms with Gasteiger partial charge in [0.1, 0.15) is 11.9 Å². The summed E-state index contributed by atoms with van der Waals surface area (Å²) in [7, 11) is 0. The van der Waals surface area contributed by atoms with E-state index in [1.165, 1.54) is 17.2 Å². The van der Waals surface area contributed by atoms with Crippen molar-refractivity contribution in [3.05, 3.63) is 82.9 Å². The Kier molecular flexibility index (Phi) is 4.50. The smallest absolute Gasteiger partial charge is 0.166 e. The van der Waals surface area contributed by atoms with Gasteiger partial charge in [0.15, 0.2) is 11.6 Å². The highest BCUT2D eigenvalue weighted by molar-refractivity contribution is 5.76. The summed E-state index contributed by atoms with van der Waals surface area (Å²) in [4.78, 5) is 4.45. The summed E-state index contributed by atoms with van der Waals surface area (Å²) in [6.45, 7) is 4.79. The number of ether oxygens (including phenoxy) is 1. The molecule has 2 atom stereocenters. The monoisotopic (exact) mass is 440 g/mol. The molecule has 0 fully saturated rings. The first-order chi connectivity index (χ1) is 16.0. The number of aromatic nitrogens is 3. The number of benzene rings is 2. The molecule has 2 aromatic carbocycles. The molecule has 4 aromatic rings. The number of nitrogens with two attached hydrogens (primary N) is 1. The zero-order valence-corrected chi connectivity index (χ0v) is 18.7. The molecule has 2 bridgehead atoms.